The molecule has 0 aliphatic heterocycles. The van der Waals surface area contributed by atoms with Crippen molar-refractivity contribution < 1.29 is 14.4 Å². The second kappa shape index (κ2) is 5.18. The van der Waals surface area contributed by atoms with Crippen LogP contribution >= 0.6 is 0 Å². The topological polar surface area (TPSA) is 75.4 Å². The monoisotopic (exact) mass is 248 g/mol. The number of rotatable bonds is 4. The number of hydrogen-bond acceptors (Lipinski definition) is 4. The van der Waals surface area contributed by atoms with Crippen molar-refractivity contribution in [1.82, 2.24) is 10.5 Å². The molecule has 5 heteroatoms. The van der Waals surface area contributed by atoms with Gasteiger partial charge in [0, 0.05) is 11.9 Å². The number of aliphatic hydroxyl groups excluding tert-OH is 1. The van der Waals surface area contributed by atoms with Crippen LogP contribution in [0.5, 0.6) is 0 Å². The van der Waals surface area contributed by atoms with E-state index in [1.807, 2.05) is 25.1 Å². The molecule has 2 N–H and O–H groups in total. The highest BCUT2D eigenvalue weighted by molar-refractivity contribution is 5.86. The minimum atomic E-state index is -0.551. The van der Waals surface area contributed by atoms with Gasteiger partial charge >= 0.3 is 0 Å². The first-order chi connectivity index (χ1) is 8.56. The van der Waals surface area contributed by atoms with Gasteiger partial charge in [0.15, 0.2) is 5.58 Å². The molecule has 1 aromatic heterocycles. The molecule has 0 spiro atoms. The van der Waals surface area contributed by atoms with Crippen LogP contribution in [0.15, 0.2) is 22.7 Å². The first-order valence-electron chi connectivity index (χ1n) is 5.86. The van der Waals surface area contributed by atoms with Gasteiger partial charge in [-0.15, -0.1) is 0 Å². The van der Waals surface area contributed by atoms with Crippen LogP contribution in [0.4, 0.5) is 0 Å². The molecule has 1 heterocycles. The number of carbonyl (C=O) groups is 1. The van der Waals surface area contributed by atoms with E-state index in [0.29, 0.717) is 11.3 Å². The second-order valence-electron chi connectivity index (χ2n) is 4.46. The zero-order valence-electron chi connectivity index (χ0n) is 10.4. The van der Waals surface area contributed by atoms with Crippen molar-refractivity contribution in [2.45, 2.75) is 26.4 Å². The number of nitrogens with zero attached hydrogens (tertiary/aromatic N) is 1. The van der Waals surface area contributed by atoms with Crippen molar-refractivity contribution in [3.05, 3.63) is 29.5 Å². The van der Waals surface area contributed by atoms with Crippen LogP contribution in [0.2, 0.25) is 0 Å². The molecular weight excluding hydrogens is 232 g/mol. The number of benzene rings is 1. The first-order valence-corrected chi connectivity index (χ1v) is 5.86. The highest BCUT2D eigenvalue weighted by atomic mass is 16.5. The molecule has 18 heavy (non-hydrogen) atoms. The molecule has 1 aromatic carbocycles. The van der Waals surface area contributed by atoms with Gasteiger partial charge in [-0.1, -0.05) is 16.8 Å². The lowest BCUT2D eigenvalue weighted by molar-refractivity contribution is -0.120. The Bertz CT molecular complexity index is 560. The minimum Gasteiger partial charge on any atom is -0.392 e. The molecule has 1 amide bonds. The van der Waals surface area contributed by atoms with Crippen molar-refractivity contribution in [1.29, 1.82) is 0 Å². The zero-order valence-corrected chi connectivity index (χ0v) is 10.4. The third-order valence-corrected chi connectivity index (χ3v) is 2.62. The van der Waals surface area contributed by atoms with Gasteiger partial charge in [-0.3, -0.25) is 4.79 Å². The maximum absolute atomic E-state index is 11.6. The van der Waals surface area contributed by atoms with Gasteiger partial charge in [0.05, 0.1) is 12.5 Å². The van der Waals surface area contributed by atoms with Gasteiger partial charge in [0.1, 0.15) is 5.69 Å². The highest BCUT2D eigenvalue weighted by Crippen LogP contribution is 2.20. The summed E-state index contributed by atoms with van der Waals surface area (Å²) in [6, 6.07) is 5.72. The summed E-state index contributed by atoms with van der Waals surface area (Å²) in [6.45, 7) is 3.84. The van der Waals surface area contributed by atoms with Crippen molar-refractivity contribution in [2.24, 2.45) is 0 Å². The normalized spacial score (nSPS) is 12.6. The van der Waals surface area contributed by atoms with Gasteiger partial charge in [-0.05, 0) is 26.0 Å². The molecule has 2 aromatic rings. The SMILES string of the molecule is Cc1ccc2onc(CC(=O)NCC(C)O)c2c1. The summed E-state index contributed by atoms with van der Waals surface area (Å²) >= 11 is 0. The van der Waals surface area contributed by atoms with Crippen LogP contribution in [0.3, 0.4) is 0 Å². The summed E-state index contributed by atoms with van der Waals surface area (Å²) in [5, 5.41) is 16.5. The maximum Gasteiger partial charge on any atom is 0.226 e. The van der Waals surface area contributed by atoms with E-state index in [1.54, 1.807) is 6.92 Å². The molecule has 5 nitrogen and oxygen atoms in total. The molecule has 0 fully saturated rings. The number of hydrogen-bond donors (Lipinski definition) is 2. The van der Waals surface area contributed by atoms with Crippen molar-refractivity contribution in [3.63, 3.8) is 0 Å². The molecule has 0 bridgehead atoms. The Morgan fingerprint density at radius 1 is 1.56 bits per heavy atom. The van der Waals surface area contributed by atoms with Crippen molar-refractivity contribution in [2.75, 3.05) is 6.54 Å². The molecule has 0 radical (unpaired) electrons. The van der Waals surface area contributed by atoms with E-state index < -0.39 is 6.10 Å². The van der Waals surface area contributed by atoms with Gasteiger partial charge in [-0.25, -0.2) is 0 Å². The molecule has 0 aliphatic rings. The number of aryl methyl sites for hydroxylation is 1. The maximum atomic E-state index is 11.6. The van der Waals surface area contributed by atoms with E-state index in [2.05, 4.69) is 10.5 Å². The van der Waals surface area contributed by atoms with E-state index in [1.165, 1.54) is 0 Å². The predicted molar refractivity (Wildman–Crippen MR) is 67.1 cm³/mol. The zero-order chi connectivity index (χ0) is 13.1. The molecule has 0 saturated heterocycles. The van der Waals surface area contributed by atoms with Crippen molar-refractivity contribution >= 4 is 16.9 Å². The Hall–Kier alpha value is -1.88. The summed E-state index contributed by atoms with van der Waals surface area (Å²) in [6.07, 6.45) is -0.395. The van der Waals surface area contributed by atoms with Gasteiger partial charge in [-0.2, -0.15) is 0 Å². The fourth-order valence-corrected chi connectivity index (χ4v) is 1.71. The van der Waals surface area contributed by atoms with E-state index in [-0.39, 0.29) is 18.9 Å². The number of aromatic nitrogens is 1. The fourth-order valence-electron chi connectivity index (χ4n) is 1.71. The number of aliphatic hydroxyl groups is 1. The van der Waals surface area contributed by atoms with E-state index >= 15 is 0 Å². The third-order valence-electron chi connectivity index (χ3n) is 2.62. The number of fused-ring (bicyclic) bond motifs is 1. The average molecular weight is 248 g/mol. The Labute approximate surface area is 105 Å². The number of carbonyl (C=O) groups excluding carboxylic acids is 1. The lowest BCUT2D eigenvalue weighted by atomic mass is 10.1. The van der Waals surface area contributed by atoms with Crippen LogP contribution in [-0.2, 0) is 11.2 Å². The largest absolute Gasteiger partial charge is 0.392 e. The van der Waals surface area contributed by atoms with Crippen molar-refractivity contribution in [3.8, 4) is 0 Å². The smallest absolute Gasteiger partial charge is 0.226 e. The van der Waals surface area contributed by atoms with Crippen LogP contribution in [0.25, 0.3) is 11.0 Å². The number of nitrogens with one attached hydrogen (secondary N) is 1. The molecule has 96 valence electrons. The summed E-state index contributed by atoms with van der Waals surface area (Å²) in [7, 11) is 0. The van der Waals surface area contributed by atoms with Crippen LogP contribution in [0.1, 0.15) is 18.2 Å². The quantitative estimate of drug-likeness (QED) is 0.851. The summed E-state index contributed by atoms with van der Waals surface area (Å²) in [4.78, 5) is 11.6. The molecule has 2 rings (SSSR count). The molecule has 1 atom stereocenters. The van der Waals surface area contributed by atoms with E-state index in [0.717, 1.165) is 10.9 Å². The Morgan fingerprint density at radius 3 is 3.06 bits per heavy atom. The fraction of sp³-hybridized carbons (Fsp3) is 0.385. The second-order valence-corrected chi connectivity index (χ2v) is 4.46. The Morgan fingerprint density at radius 2 is 2.33 bits per heavy atom. The summed E-state index contributed by atoms with van der Waals surface area (Å²) in [5.74, 6) is -0.174. The van der Waals surface area contributed by atoms with Crippen LogP contribution < -0.4 is 5.32 Å². The highest BCUT2D eigenvalue weighted by Gasteiger charge is 2.12. The summed E-state index contributed by atoms with van der Waals surface area (Å²) in [5.41, 5.74) is 2.40. The Kier molecular flexibility index (Phi) is 3.62. The van der Waals surface area contributed by atoms with Crippen LogP contribution in [0, 0.1) is 6.92 Å². The first kappa shape index (κ1) is 12.6. The lowest BCUT2D eigenvalue weighted by Gasteiger charge is -2.05. The standard InChI is InChI=1S/C13H16N2O3/c1-8-3-4-12-10(5-8)11(15-18-12)6-13(17)14-7-9(2)16/h3-5,9,16H,6-7H2,1-2H3,(H,14,17). The minimum absolute atomic E-state index is 0.156. The van der Waals surface area contributed by atoms with Gasteiger partial charge in [0.25, 0.3) is 0 Å². The van der Waals surface area contributed by atoms with Crippen LogP contribution in [-0.4, -0.2) is 28.8 Å². The molecule has 1 unspecified atom stereocenters. The molecular formula is C13H16N2O3. The van der Waals surface area contributed by atoms with E-state index in [9.17, 15) is 4.79 Å². The Balaban J connectivity index is 2.12. The van der Waals surface area contributed by atoms with E-state index in [4.69, 9.17) is 9.63 Å². The molecule has 0 saturated carbocycles. The average Bonchev–Trinajstić information content (AvgIpc) is 2.69. The lowest BCUT2D eigenvalue weighted by Crippen LogP contribution is -2.31. The van der Waals surface area contributed by atoms with Gasteiger partial charge < -0.3 is 14.9 Å². The third kappa shape index (κ3) is 2.87. The predicted octanol–water partition coefficient (Wildman–Crippen LogP) is 1.18. The van der Waals surface area contributed by atoms with Gasteiger partial charge in [0.2, 0.25) is 5.91 Å². The molecule has 0 aliphatic carbocycles. The number of amides is 1. The summed E-state index contributed by atoms with van der Waals surface area (Å²) < 4.78 is 5.15.